The summed E-state index contributed by atoms with van der Waals surface area (Å²) in [5.74, 6) is 1.26. The molecule has 0 bridgehead atoms. The highest BCUT2D eigenvalue weighted by Gasteiger charge is 2.28. The van der Waals surface area contributed by atoms with Gasteiger partial charge in [0.15, 0.2) is 11.5 Å². The van der Waals surface area contributed by atoms with Crippen molar-refractivity contribution in [1.29, 1.82) is 0 Å². The molecule has 5 nitrogen and oxygen atoms in total. The van der Waals surface area contributed by atoms with Crippen LogP contribution in [0.15, 0.2) is 66.0 Å². The van der Waals surface area contributed by atoms with Gasteiger partial charge in [-0.15, -0.1) is 11.3 Å². The Morgan fingerprint density at radius 2 is 1.59 bits per heavy atom. The van der Waals surface area contributed by atoms with E-state index in [2.05, 4.69) is 13.8 Å². The van der Waals surface area contributed by atoms with Gasteiger partial charge in [-0.1, -0.05) is 31.5 Å². The monoisotopic (exact) mass is 515 g/mol. The van der Waals surface area contributed by atoms with Crippen LogP contribution in [-0.2, 0) is 15.4 Å². The molecule has 4 aromatic rings. The Hall–Kier alpha value is -2.74. The van der Waals surface area contributed by atoms with Crippen molar-refractivity contribution >= 4 is 54.4 Å². The maximum Gasteiger partial charge on any atom is 0.236 e. The summed E-state index contributed by atoms with van der Waals surface area (Å²) in [5.41, 5.74) is 2.38. The molecule has 0 saturated carbocycles. The minimum atomic E-state index is -3.64. The fraction of sp³-hybridized carbons (Fsp3) is 0.231. The summed E-state index contributed by atoms with van der Waals surface area (Å²) in [6.45, 7) is 4.12. The molecule has 0 aliphatic rings. The maximum atomic E-state index is 13.0. The number of hydrogen-bond donors (Lipinski definition) is 0. The van der Waals surface area contributed by atoms with E-state index in [-0.39, 0.29) is 0 Å². The summed E-state index contributed by atoms with van der Waals surface area (Å²) in [4.78, 5) is 0. The number of fused-ring (bicyclic) bond motifs is 1. The highest BCUT2D eigenvalue weighted by Crippen LogP contribution is 2.41. The zero-order valence-electron chi connectivity index (χ0n) is 19.6. The number of rotatable bonds is 7. The lowest BCUT2D eigenvalue weighted by Gasteiger charge is -2.30. The topological polar surface area (TPSA) is 55.8 Å². The number of sulfonamides is 1. The molecule has 4 rings (SSSR count). The molecule has 0 amide bonds. The Morgan fingerprint density at radius 3 is 2.26 bits per heavy atom. The highest BCUT2D eigenvalue weighted by atomic mass is 35.5. The third-order valence-electron chi connectivity index (χ3n) is 5.95. The molecule has 3 aromatic carbocycles. The number of nitrogens with zero attached hydrogens (tertiary/aromatic N) is 1. The Morgan fingerprint density at radius 1 is 0.853 bits per heavy atom. The zero-order chi connectivity index (χ0) is 24.7. The number of hydrogen-bond acceptors (Lipinski definition) is 5. The molecule has 0 atom stereocenters. The van der Waals surface area contributed by atoms with E-state index in [9.17, 15) is 8.42 Å². The van der Waals surface area contributed by atoms with Gasteiger partial charge in [0.05, 0.1) is 31.9 Å². The SMILES string of the molecule is COc1ccc(C(C)(C)c2cc(Cl)cc(N(c3ccc4sccc4c3)S(C)(=O)=O)c2)cc1OC. The van der Waals surface area contributed by atoms with Gasteiger partial charge in [0.25, 0.3) is 0 Å². The van der Waals surface area contributed by atoms with Gasteiger partial charge in [-0.2, -0.15) is 0 Å². The molecule has 0 fully saturated rings. The molecule has 178 valence electrons. The third kappa shape index (κ3) is 4.60. The molecule has 8 heteroatoms. The molecule has 0 aliphatic carbocycles. The molecular weight excluding hydrogens is 490 g/mol. The molecule has 0 N–H and O–H groups in total. The summed E-state index contributed by atoms with van der Waals surface area (Å²) in [6.07, 6.45) is 1.20. The fourth-order valence-electron chi connectivity index (χ4n) is 4.06. The van der Waals surface area contributed by atoms with Crippen molar-refractivity contribution in [3.63, 3.8) is 0 Å². The van der Waals surface area contributed by atoms with Crippen LogP contribution < -0.4 is 13.8 Å². The predicted molar refractivity (Wildman–Crippen MR) is 142 cm³/mol. The normalized spacial score (nSPS) is 12.1. The van der Waals surface area contributed by atoms with E-state index in [0.717, 1.165) is 21.2 Å². The summed E-state index contributed by atoms with van der Waals surface area (Å²) in [6, 6.07) is 18.8. The van der Waals surface area contributed by atoms with Crippen LogP contribution in [0.25, 0.3) is 10.1 Å². The Kier molecular flexibility index (Phi) is 6.55. The lowest BCUT2D eigenvalue weighted by molar-refractivity contribution is 0.354. The van der Waals surface area contributed by atoms with Crippen LogP contribution in [0.1, 0.15) is 25.0 Å². The van der Waals surface area contributed by atoms with Crippen LogP contribution in [0.4, 0.5) is 11.4 Å². The van der Waals surface area contributed by atoms with E-state index >= 15 is 0 Å². The first-order valence-corrected chi connectivity index (χ1v) is 13.7. The van der Waals surface area contributed by atoms with E-state index in [4.69, 9.17) is 21.1 Å². The van der Waals surface area contributed by atoms with Gasteiger partial charge in [0.2, 0.25) is 10.0 Å². The van der Waals surface area contributed by atoms with Crippen molar-refractivity contribution in [3.05, 3.63) is 82.2 Å². The van der Waals surface area contributed by atoms with Gasteiger partial charge in [0, 0.05) is 15.1 Å². The summed E-state index contributed by atoms with van der Waals surface area (Å²) in [5, 5.41) is 3.43. The van der Waals surface area contributed by atoms with Crippen molar-refractivity contribution in [2.45, 2.75) is 19.3 Å². The third-order valence-corrected chi connectivity index (χ3v) is 8.15. The quantitative estimate of drug-likeness (QED) is 0.266. The van der Waals surface area contributed by atoms with E-state index in [1.54, 1.807) is 31.6 Å². The van der Waals surface area contributed by atoms with Crippen molar-refractivity contribution in [2.24, 2.45) is 0 Å². The Labute approximate surface area is 209 Å². The first-order chi connectivity index (χ1) is 16.0. The predicted octanol–water partition coefficient (Wildman–Crippen LogP) is 7.00. The average molecular weight is 516 g/mol. The molecule has 1 heterocycles. The van der Waals surface area contributed by atoms with Crippen molar-refractivity contribution in [2.75, 3.05) is 24.8 Å². The molecular formula is C26H26ClNO4S2. The fourth-order valence-corrected chi connectivity index (χ4v) is 6.04. The van der Waals surface area contributed by atoms with Crippen LogP contribution in [0.2, 0.25) is 5.02 Å². The lowest BCUT2D eigenvalue weighted by atomic mass is 9.78. The Balaban J connectivity index is 1.85. The highest BCUT2D eigenvalue weighted by molar-refractivity contribution is 7.92. The average Bonchev–Trinajstić information content (AvgIpc) is 3.25. The van der Waals surface area contributed by atoms with Crippen LogP contribution in [0.3, 0.4) is 0 Å². The molecule has 0 aliphatic heterocycles. The Bertz CT molecular complexity index is 1460. The van der Waals surface area contributed by atoms with Crippen molar-refractivity contribution in [3.8, 4) is 11.5 Å². The molecule has 1 aromatic heterocycles. The zero-order valence-corrected chi connectivity index (χ0v) is 22.0. The first kappa shape index (κ1) is 24.4. The number of benzene rings is 3. The lowest BCUT2D eigenvalue weighted by Crippen LogP contribution is -2.26. The number of methoxy groups -OCH3 is 2. The van der Waals surface area contributed by atoms with Crippen LogP contribution >= 0.6 is 22.9 Å². The molecule has 0 unspecified atom stereocenters. The van der Waals surface area contributed by atoms with Gasteiger partial charge in [-0.3, -0.25) is 0 Å². The first-order valence-electron chi connectivity index (χ1n) is 10.6. The molecule has 0 saturated heterocycles. The summed E-state index contributed by atoms with van der Waals surface area (Å²) in [7, 11) is -0.451. The van der Waals surface area contributed by atoms with E-state index < -0.39 is 15.4 Å². The second-order valence-electron chi connectivity index (χ2n) is 8.56. The minimum absolute atomic E-state index is 0.450. The standard InChI is InChI=1S/C26H26ClNO4S2/c1-26(2,18-6-8-23(31-3)24(15-18)32-4)19-13-20(27)16-22(14-19)28(34(5,29)30)21-7-9-25-17(12-21)10-11-33-25/h6-16H,1-5H3. The van der Waals surface area contributed by atoms with Crippen LogP contribution in [0.5, 0.6) is 11.5 Å². The number of halogens is 1. The van der Waals surface area contributed by atoms with E-state index in [0.29, 0.717) is 27.9 Å². The summed E-state index contributed by atoms with van der Waals surface area (Å²) < 4.78 is 39.2. The van der Waals surface area contributed by atoms with Crippen molar-refractivity contribution < 1.29 is 17.9 Å². The molecule has 0 spiro atoms. The maximum absolute atomic E-state index is 13.0. The minimum Gasteiger partial charge on any atom is -0.493 e. The van der Waals surface area contributed by atoms with Gasteiger partial charge in [-0.05, 0) is 76.5 Å². The molecule has 34 heavy (non-hydrogen) atoms. The van der Waals surface area contributed by atoms with Gasteiger partial charge >= 0.3 is 0 Å². The second-order valence-corrected chi connectivity index (χ2v) is 11.8. The van der Waals surface area contributed by atoms with Crippen molar-refractivity contribution in [1.82, 2.24) is 0 Å². The van der Waals surface area contributed by atoms with Gasteiger partial charge < -0.3 is 9.47 Å². The largest absolute Gasteiger partial charge is 0.493 e. The second kappa shape index (κ2) is 9.13. The number of thiophene rings is 1. The number of anilines is 2. The van der Waals surface area contributed by atoms with Crippen LogP contribution in [0, 0.1) is 0 Å². The van der Waals surface area contributed by atoms with Crippen LogP contribution in [-0.4, -0.2) is 28.9 Å². The van der Waals surface area contributed by atoms with E-state index in [1.807, 2.05) is 60.0 Å². The van der Waals surface area contributed by atoms with E-state index in [1.165, 1.54) is 10.6 Å². The summed E-state index contributed by atoms with van der Waals surface area (Å²) >= 11 is 8.16. The van der Waals surface area contributed by atoms with Gasteiger partial charge in [0.1, 0.15) is 0 Å². The van der Waals surface area contributed by atoms with Gasteiger partial charge in [-0.25, -0.2) is 12.7 Å². The molecule has 0 radical (unpaired) electrons. The number of ether oxygens (including phenoxy) is 2. The smallest absolute Gasteiger partial charge is 0.236 e.